The number of esters is 1. The topological polar surface area (TPSA) is 68.3 Å². The third kappa shape index (κ3) is 5.26. The number of carbonyl (C=O) groups is 2. The van der Waals surface area contributed by atoms with E-state index in [1.54, 1.807) is 24.5 Å². The van der Waals surface area contributed by atoms with Gasteiger partial charge in [0.05, 0.1) is 29.1 Å². The van der Waals surface area contributed by atoms with Gasteiger partial charge in [-0.1, -0.05) is 17.7 Å². The summed E-state index contributed by atoms with van der Waals surface area (Å²) in [7, 11) is 1.30. The number of pyridine rings is 1. The molecule has 120 valence electrons. The molecule has 0 unspecified atom stereocenters. The Morgan fingerprint density at radius 1 is 1.35 bits per heavy atom. The molecule has 0 spiro atoms. The molecule has 0 radical (unpaired) electrons. The molecule has 0 aliphatic heterocycles. The Labute approximate surface area is 143 Å². The number of halogens is 1. The van der Waals surface area contributed by atoms with E-state index in [0.29, 0.717) is 22.0 Å². The molecular weight excluding hydrogens is 336 g/mol. The summed E-state index contributed by atoms with van der Waals surface area (Å²) in [6.45, 7) is 0. The maximum absolute atomic E-state index is 12.0. The third-order valence-corrected chi connectivity index (χ3v) is 4.22. The molecule has 0 saturated heterocycles. The minimum Gasteiger partial charge on any atom is -0.465 e. The number of aromatic nitrogens is 1. The second kappa shape index (κ2) is 8.55. The predicted octanol–water partition coefficient (Wildman–Crippen LogP) is 3.39. The van der Waals surface area contributed by atoms with Crippen molar-refractivity contribution in [2.45, 2.75) is 5.75 Å². The predicted molar refractivity (Wildman–Crippen MR) is 91.8 cm³/mol. The van der Waals surface area contributed by atoms with Crippen LogP contribution in [0.3, 0.4) is 0 Å². The molecule has 1 amide bonds. The Morgan fingerprint density at radius 3 is 2.87 bits per heavy atom. The van der Waals surface area contributed by atoms with E-state index < -0.39 is 5.97 Å². The van der Waals surface area contributed by atoms with Gasteiger partial charge in [-0.15, -0.1) is 11.8 Å². The molecule has 0 aliphatic carbocycles. The quantitative estimate of drug-likeness (QED) is 0.809. The number of methoxy groups -OCH3 is 1. The number of carbonyl (C=O) groups excluding carboxylic acids is 2. The summed E-state index contributed by atoms with van der Waals surface area (Å²) >= 11 is 7.50. The lowest BCUT2D eigenvalue weighted by molar-refractivity contribution is -0.113. The molecule has 0 bridgehead atoms. The van der Waals surface area contributed by atoms with Gasteiger partial charge in [-0.25, -0.2) is 4.79 Å². The third-order valence-electron chi connectivity index (χ3n) is 2.89. The van der Waals surface area contributed by atoms with Crippen molar-refractivity contribution in [3.63, 3.8) is 0 Å². The van der Waals surface area contributed by atoms with Crippen LogP contribution in [0.5, 0.6) is 0 Å². The normalized spacial score (nSPS) is 10.2. The Balaban J connectivity index is 1.91. The monoisotopic (exact) mass is 350 g/mol. The van der Waals surface area contributed by atoms with E-state index in [2.05, 4.69) is 15.0 Å². The lowest BCUT2D eigenvalue weighted by Gasteiger charge is -2.09. The number of rotatable bonds is 6. The van der Waals surface area contributed by atoms with Gasteiger partial charge in [0, 0.05) is 18.1 Å². The molecule has 5 nitrogen and oxygen atoms in total. The van der Waals surface area contributed by atoms with Crippen molar-refractivity contribution in [3.05, 3.63) is 58.9 Å². The Morgan fingerprint density at radius 2 is 2.17 bits per heavy atom. The Hall–Kier alpha value is -2.05. The van der Waals surface area contributed by atoms with Crippen molar-refractivity contribution in [2.75, 3.05) is 18.2 Å². The molecule has 1 heterocycles. The summed E-state index contributed by atoms with van der Waals surface area (Å²) in [5.74, 6) is 0.288. The van der Waals surface area contributed by atoms with Crippen LogP contribution in [-0.4, -0.2) is 29.7 Å². The van der Waals surface area contributed by atoms with Crippen molar-refractivity contribution >= 4 is 40.9 Å². The van der Waals surface area contributed by atoms with Crippen molar-refractivity contribution < 1.29 is 14.3 Å². The molecule has 0 aliphatic rings. The van der Waals surface area contributed by atoms with Gasteiger partial charge in [0.25, 0.3) is 0 Å². The van der Waals surface area contributed by atoms with Gasteiger partial charge in [-0.2, -0.15) is 0 Å². The van der Waals surface area contributed by atoms with Crippen LogP contribution in [0.1, 0.15) is 15.9 Å². The number of hydrogen-bond donors (Lipinski definition) is 1. The molecule has 2 rings (SSSR count). The second-order valence-electron chi connectivity index (χ2n) is 4.59. The van der Waals surface area contributed by atoms with Crippen LogP contribution in [0.2, 0.25) is 5.02 Å². The van der Waals surface area contributed by atoms with E-state index in [0.717, 1.165) is 5.56 Å². The van der Waals surface area contributed by atoms with Crippen LogP contribution >= 0.6 is 23.4 Å². The van der Waals surface area contributed by atoms with Gasteiger partial charge in [0.1, 0.15) is 0 Å². The average molecular weight is 351 g/mol. The van der Waals surface area contributed by atoms with E-state index >= 15 is 0 Å². The number of nitrogens with zero attached hydrogens (tertiary/aromatic N) is 1. The first-order valence-corrected chi connectivity index (χ1v) is 8.28. The van der Waals surface area contributed by atoms with E-state index in [-0.39, 0.29) is 11.7 Å². The Kier molecular flexibility index (Phi) is 6.43. The number of nitrogens with one attached hydrogen (secondary N) is 1. The van der Waals surface area contributed by atoms with Crippen LogP contribution in [0.4, 0.5) is 5.69 Å². The first kappa shape index (κ1) is 17.3. The van der Waals surface area contributed by atoms with Crippen LogP contribution < -0.4 is 5.32 Å². The van der Waals surface area contributed by atoms with Crippen LogP contribution in [0, 0.1) is 0 Å². The fraction of sp³-hybridized carbons (Fsp3) is 0.188. The van der Waals surface area contributed by atoms with Gasteiger partial charge in [0.2, 0.25) is 5.91 Å². The minimum absolute atomic E-state index is 0.192. The van der Waals surface area contributed by atoms with Crippen LogP contribution in [-0.2, 0) is 15.3 Å². The van der Waals surface area contributed by atoms with Gasteiger partial charge >= 0.3 is 5.97 Å². The summed E-state index contributed by atoms with van der Waals surface area (Å²) in [6.07, 6.45) is 3.47. The van der Waals surface area contributed by atoms with Crippen molar-refractivity contribution in [1.82, 2.24) is 4.98 Å². The number of amides is 1. The first-order valence-electron chi connectivity index (χ1n) is 6.74. The molecule has 1 N–H and O–H groups in total. The molecule has 7 heteroatoms. The zero-order valence-electron chi connectivity index (χ0n) is 12.4. The molecule has 1 aromatic heterocycles. The average Bonchev–Trinajstić information content (AvgIpc) is 2.57. The zero-order chi connectivity index (χ0) is 16.7. The van der Waals surface area contributed by atoms with E-state index in [1.165, 1.54) is 24.9 Å². The second-order valence-corrected chi connectivity index (χ2v) is 5.98. The largest absolute Gasteiger partial charge is 0.465 e. The van der Waals surface area contributed by atoms with Crippen molar-refractivity contribution in [3.8, 4) is 0 Å². The molecule has 23 heavy (non-hydrogen) atoms. The number of ether oxygens (including phenoxy) is 1. The van der Waals surface area contributed by atoms with E-state index in [9.17, 15) is 9.59 Å². The molecule has 0 saturated carbocycles. The summed E-state index contributed by atoms with van der Waals surface area (Å²) in [6, 6.07) is 8.40. The van der Waals surface area contributed by atoms with Gasteiger partial charge in [-0.3, -0.25) is 9.78 Å². The van der Waals surface area contributed by atoms with Crippen molar-refractivity contribution in [1.29, 1.82) is 0 Å². The fourth-order valence-electron chi connectivity index (χ4n) is 1.80. The molecule has 0 fully saturated rings. The number of thioether (sulfide) groups is 1. The highest BCUT2D eigenvalue weighted by Gasteiger charge is 2.11. The number of benzene rings is 1. The number of hydrogen-bond acceptors (Lipinski definition) is 5. The van der Waals surface area contributed by atoms with Crippen LogP contribution in [0.25, 0.3) is 0 Å². The summed E-state index contributed by atoms with van der Waals surface area (Å²) in [4.78, 5) is 27.5. The lowest BCUT2D eigenvalue weighted by atomic mass is 10.2. The van der Waals surface area contributed by atoms with Crippen LogP contribution in [0.15, 0.2) is 42.7 Å². The van der Waals surface area contributed by atoms with Gasteiger partial charge in [0.15, 0.2) is 0 Å². The maximum Gasteiger partial charge on any atom is 0.337 e. The zero-order valence-corrected chi connectivity index (χ0v) is 14.0. The highest BCUT2D eigenvalue weighted by Crippen LogP contribution is 2.24. The summed E-state index contributed by atoms with van der Waals surface area (Å²) < 4.78 is 4.65. The summed E-state index contributed by atoms with van der Waals surface area (Å²) in [5.41, 5.74) is 1.77. The highest BCUT2D eigenvalue weighted by molar-refractivity contribution is 7.99. The molecular formula is C16H15ClN2O3S. The first-order chi connectivity index (χ1) is 11.1. The van der Waals surface area contributed by atoms with E-state index in [1.807, 2.05) is 12.1 Å². The van der Waals surface area contributed by atoms with Gasteiger partial charge in [-0.05, 0) is 29.8 Å². The lowest BCUT2D eigenvalue weighted by Crippen LogP contribution is -2.15. The van der Waals surface area contributed by atoms with Crippen molar-refractivity contribution in [2.24, 2.45) is 0 Å². The smallest absolute Gasteiger partial charge is 0.337 e. The SMILES string of the molecule is COC(=O)c1ccc(Cl)c(NC(=O)CSCc2cccnc2)c1. The minimum atomic E-state index is -0.483. The maximum atomic E-state index is 12.0. The van der Waals surface area contributed by atoms with E-state index in [4.69, 9.17) is 11.6 Å². The van der Waals surface area contributed by atoms with Gasteiger partial charge < -0.3 is 10.1 Å². The standard InChI is InChI=1S/C16H15ClN2O3S/c1-22-16(21)12-4-5-13(17)14(7-12)19-15(20)10-23-9-11-3-2-6-18-8-11/h2-8H,9-10H2,1H3,(H,19,20). The molecule has 1 aromatic carbocycles. The summed E-state index contributed by atoms with van der Waals surface area (Å²) in [5, 5.41) is 3.06. The Bertz CT molecular complexity index is 695. The molecule has 2 aromatic rings. The number of anilines is 1. The fourth-order valence-corrected chi connectivity index (χ4v) is 2.73. The highest BCUT2D eigenvalue weighted by atomic mass is 35.5. The molecule has 0 atom stereocenters.